The van der Waals surface area contributed by atoms with Gasteiger partial charge in [0, 0.05) is 34.3 Å². The van der Waals surface area contributed by atoms with Crippen LogP contribution in [0, 0.1) is 6.92 Å². The number of hydrogen-bond donors (Lipinski definition) is 2. The third kappa shape index (κ3) is 4.42. The highest BCUT2D eigenvalue weighted by atomic mass is 32.2. The monoisotopic (exact) mass is 575 g/mol. The van der Waals surface area contributed by atoms with Crippen molar-refractivity contribution < 1.29 is 13.0 Å². The Bertz CT molecular complexity index is 2100. The number of nitrogen functional groups attached to an aromatic ring is 1. The van der Waals surface area contributed by atoms with Gasteiger partial charge in [-0.25, -0.2) is 15.0 Å². The van der Waals surface area contributed by atoms with Gasteiger partial charge in [0.05, 0.1) is 16.1 Å². The van der Waals surface area contributed by atoms with Crippen LogP contribution >= 0.6 is 0 Å². The number of nitrogens with zero attached hydrogens (tertiary/aromatic N) is 4. The van der Waals surface area contributed by atoms with Crippen molar-refractivity contribution in [2.24, 2.45) is 0 Å². The molecular weight excluding hydrogens is 546 g/mol. The lowest BCUT2D eigenvalue weighted by Crippen LogP contribution is -2.38. The highest BCUT2D eigenvalue weighted by Gasteiger charge is 2.43. The van der Waals surface area contributed by atoms with Crippen LogP contribution in [0.4, 0.5) is 5.82 Å². The first-order valence-electron chi connectivity index (χ1n) is 13.9. The summed E-state index contributed by atoms with van der Waals surface area (Å²) >= 11 is 0. The van der Waals surface area contributed by atoms with Crippen molar-refractivity contribution in [3.8, 4) is 22.5 Å². The second kappa shape index (κ2) is 9.75. The normalized spacial score (nSPS) is 14.7. The van der Waals surface area contributed by atoms with E-state index < -0.39 is 10.1 Å². The smallest absolute Gasteiger partial charge is 0.294 e. The number of nitrogens with two attached hydrogens (primary N) is 1. The van der Waals surface area contributed by atoms with Crippen molar-refractivity contribution in [1.29, 1.82) is 0 Å². The molecule has 0 amide bonds. The van der Waals surface area contributed by atoms with Gasteiger partial charge in [0.25, 0.3) is 10.1 Å². The van der Waals surface area contributed by atoms with Crippen LogP contribution in [0.15, 0.2) is 96.2 Å². The minimum atomic E-state index is -4.31. The lowest BCUT2D eigenvalue weighted by molar-refractivity contribution is 0.226. The number of benzene rings is 3. The lowest BCUT2D eigenvalue weighted by atomic mass is 9.64. The molecule has 9 heteroatoms. The van der Waals surface area contributed by atoms with E-state index >= 15 is 0 Å². The van der Waals surface area contributed by atoms with Gasteiger partial charge in [0.15, 0.2) is 0 Å². The Balaban J connectivity index is 1.37. The number of anilines is 1. The van der Waals surface area contributed by atoms with E-state index in [0.29, 0.717) is 12.2 Å². The van der Waals surface area contributed by atoms with Crippen molar-refractivity contribution in [3.63, 3.8) is 0 Å². The van der Waals surface area contributed by atoms with Crippen LogP contribution in [0.25, 0.3) is 38.9 Å². The van der Waals surface area contributed by atoms with Gasteiger partial charge in [-0.05, 0) is 61.6 Å². The maximum absolute atomic E-state index is 11.9. The Morgan fingerprint density at radius 2 is 1.74 bits per heavy atom. The second-order valence-corrected chi connectivity index (χ2v) is 12.6. The Labute approximate surface area is 243 Å². The summed E-state index contributed by atoms with van der Waals surface area (Å²) < 4.78 is 35.5. The largest absolute Gasteiger partial charge is 0.382 e. The van der Waals surface area contributed by atoms with Gasteiger partial charge in [-0.3, -0.25) is 8.95 Å². The summed E-state index contributed by atoms with van der Waals surface area (Å²) in [6, 6.07) is 25.1. The van der Waals surface area contributed by atoms with Gasteiger partial charge < -0.3 is 5.73 Å². The first-order chi connectivity index (χ1) is 20.2. The molecule has 42 heavy (non-hydrogen) atoms. The Hall–Kier alpha value is -4.60. The average Bonchev–Trinajstić information content (AvgIpc) is 3.36. The molecule has 3 aromatic carbocycles. The van der Waals surface area contributed by atoms with Crippen LogP contribution < -0.4 is 5.73 Å². The molecule has 0 bridgehead atoms. The predicted octanol–water partition coefficient (Wildman–Crippen LogP) is 6.41. The van der Waals surface area contributed by atoms with Crippen molar-refractivity contribution in [2.75, 3.05) is 5.73 Å². The minimum absolute atomic E-state index is 0.0989. The van der Waals surface area contributed by atoms with E-state index in [1.165, 1.54) is 6.07 Å². The number of imidazole rings is 1. The molecule has 1 aliphatic carbocycles. The number of fused-ring (bicyclic) bond motifs is 2. The molecule has 0 aliphatic heterocycles. The van der Waals surface area contributed by atoms with E-state index in [0.717, 1.165) is 75.1 Å². The molecule has 3 N–H and O–H groups in total. The van der Waals surface area contributed by atoms with Gasteiger partial charge in [0.1, 0.15) is 22.9 Å². The summed E-state index contributed by atoms with van der Waals surface area (Å²) in [6.07, 6.45) is 6.98. The molecule has 210 valence electrons. The third-order valence-electron chi connectivity index (χ3n) is 8.55. The topological polar surface area (TPSA) is 123 Å². The van der Waals surface area contributed by atoms with Gasteiger partial charge in [-0.1, -0.05) is 61.0 Å². The van der Waals surface area contributed by atoms with Crippen molar-refractivity contribution in [1.82, 2.24) is 19.4 Å². The fourth-order valence-corrected chi connectivity index (χ4v) is 6.65. The van der Waals surface area contributed by atoms with Crippen LogP contribution in [0.3, 0.4) is 0 Å². The van der Waals surface area contributed by atoms with Gasteiger partial charge in [0.2, 0.25) is 0 Å². The van der Waals surface area contributed by atoms with Crippen LogP contribution in [0.1, 0.15) is 36.2 Å². The SMILES string of the molecule is Cc1ccc(S(=O)(=O)O)cc1CC1(c2nc(-c3ccc4ccc(-c5ccccc5)nc4c3)c3c(N)nccn23)CCC1. The fourth-order valence-electron chi connectivity index (χ4n) is 6.12. The zero-order chi connectivity index (χ0) is 29.1. The molecule has 8 nitrogen and oxygen atoms in total. The van der Waals surface area contributed by atoms with Crippen molar-refractivity contribution >= 4 is 32.4 Å². The van der Waals surface area contributed by atoms with Crippen LogP contribution in [0.5, 0.6) is 0 Å². The summed E-state index contributed by atoms with van der Waals surface area (Å²) in [4.78, 5) is 14.5. The highest BCUT2D eigenvalue weighted by Crippen LogP contribution is 2.48. The van der Waals surface area contributed by atoms with E-state index in [2.05, 4.69) is 11.1 Å². The summed E-state index contributed by atoms with van der Waals surface area (Å²) in [5, 5.41) is 1.03. The van der Waals surface area contributed by atoms with Gasteiger partial charge in [-0.2, -0.15) is 8.42 Å². The summed E-state index contributed by atoms with van der Waals surface area (Å²) in [6.45, 7) is 1.96. The molecule has 1 saturated carbocycles. The van der Waals surface area contributed by atoms with E-state index in [1.54, 1.807) is 18.3 Å². The van der Waals surface area contributed by atoms with Crippen LogP contribution in [-0.2, 0) is 22.0 Å². The molecule has 7 rings (SSSR count). The Kier molecular flexibility index (Phi) is 6.11. The van der Waals surface area contributed by atoms with Gasteiger partial charge >= 0.3 is 0 Å². The van der Waals surface area contributed by atoms with E-state index in [1.807, 2.05) is 72.1 Å². The average molecular weight is 576 g/mol. The summed E-state index contributed by atoms with van der Waals surface area (Å²) in [7, 11) is -4.31. The van der Waals surface area contributed by atoms with Gasteiger partial charge in [-0.15, -0.1) is 0 Å². The first-order valence-corrected chi connectivity index (χ1v) is 15.3. The first kappa shape index (κ1) is 26.3. The Morgan fingerprint density at radius 1 is 0.952 bits per heavy atom. The molecule has 3 aromatic heterocycles. The molecule has 1 aliphatic rings. The Morgan fingerprint density at radius 3 is 2.48 bits per heavy atom. The number of aryl methyl sites for hydroxylation is 1. The second-order valence-electron chi connectivity index (χ2n) is 11.2. The molecular formula is C33H29N5O3S. The molecule has 0 radical (unpaired) electrons. The number of pyridine rings is 1. The molecule has 6 aromatic rings. The lowest BCUT2D eigenvalue weighted by Gasteiger charge is -2.41. The van der Waals surface area contributed by atoms with E-state index in [4.69, 9.17) is 15.7 Å². The zero-order valence-electron chi connectivity index (χ0n) is 23.0. The van der Waals surface area contributed by atoms with Crippen molar-refractivity contribution in [2.45, 2.75) is 42.9 Å². The van der Waals surface area contributed by atoms with Crippen LogP contribution in [-0.4, -0.2) is 32.3 Å². The summed E-state index contributed by atoms with van der Waals surface area (Å²) in [5.74, 6) is 1.26. The van der Waals surface area contributed by atoms with Crippen LogP contribution in [0.2, 0.25) is 0 Å². The van der Waals surface area contributed by atoms with E-state index in [-0.39, 0.29) is 10.3 Å². The predicted molar refractivity (Wildman–Crippen MR) is 164 cm³/mol. The third-order valence-corrected chi connectivity index (χ3v) is 9.40. The fraction of sp³-hybridized carbons (Fsp3) is 0.182. The minimum Gasteiger partial charge on any atom is -0.382 e. The maximum Gasteiger partial charge on any atom is 0.294 e. The molecule has 0 saturated heterocycles. The molecule has 0 spiro atoms. The quantitative estimate of drug-likeness (QED) is 0.220. The number of rotatable bonds is 6. The molecule has 0 unspecified atom stereocenters. The standard InChI is InChI=1S/C33H29N5O3S/c1-21-8-12-26(42(39,40)41)18-25(21)20-33(14-5-15-33)32-37-29(30-31(34)35-16-17-38(30)32)24-10-9-23-11-13-27(36-28(23)19-24)22-6-3-2-4-7-22/h2-4,6-13,16-19H,5,14-15,20H2,1H3,(H2,34,35)(H,39,40,41). The molecule has 1 fully saturated rings. The van der Waals surface area contributed by atoms with E-state index in [9.17, 15) is 13.0 Å². The number of hydrogen-bond acceptors (Lipinski definition) is 6. The molecule has 3 heterocycles. The summed E-state index contributed by atoms with van der Waals surface area (Å²) in [5.41, 5.74) is 13.2. The zero-order valence-corrected chi connectivity index (χ0v) is 23.8. The highest BCUT2D eigenvalue weighted by molar-refractivity contribution is 7.85. The van der Waals surface area contributed by atoms with Crippen molar-refractivity contribution in [3.05, 3.63) is 108 Å². The molecule has 0 atom stereocenters. The maximum atomic E-state index is 11.9. The number of aromatic nitrogens is 4.